The molecule has 6 heteroatoms. The molecule has 0 unspecified atom stereocenters. The van der Waals surface area contributed by atoms with Gasteiger partial charge in [-0.25, -0.2) is 0 Å². The average Bonchev–Trinajstić information content (AvgIpc) is 2.62. The number of aryl methyl sites for hydroxylation is 2. The van der Waals surface area contributed by atoms with Gasteiger partial charge in [0.15, 0.2) is 0 Å². The maximum absolute atomic E-state index is 6.44. The lowest BCUT2D eigenvalue weighted by atomic mass is 9.94. The van der Waals surface area contributed by atoms with Crippen molar-refractivity contribution < 1.29 is 18.9 Å². The maximum atomic E-state index is 6.44. The summed E-state index contributed by atoms with van der Waals surface area (Å²) < 4.78 is 22.0. The molecule has 0 bridgehead atoms. The van der Waals surface area contributed by atoms with E-state index in [2.05, 4.69) is 0 Å². The van der Waals surface area contributed by atoms with Crippen LogP contribution >= 0.6 is 23.2 Å². The van der Waals surface area contributed by atoms with Crippen molar-refractivity contribution in [3.05, 3.63) is 45.4 Å². The number of rotatable bonds is 9. The second-order valence-electron chi connectivity index (χ2n) is 5.82. The Labute approximate surface area is 164 Å². The van der Waals surface area contributed by atoms with Crippen molar-refractivity contribution in [1.82, 2.24) is 0 Å². The Kier molecular flexibility index (Phi) is 8.04. The standard InChI is InChI=1S/C20H24Cl2O4/c1-13-5-7-15(21)19(25-11-9-23-3)17(13)18-14(2)6-8-16(22)20(18)26-12-10-24-4/h5-8H,9-12H2,1-4H3. The number of hydrogen-bond acceptors (Lipinski definition) is 4. The molecule has 0 saturated heterocycles. The van der Waals surface area contributed by atoms with Gasteiger partial charge in [0.2, 0.25) is 0 Å². The van der Waals surface area contributed by atoms with E-state index in [1.807, 2.05) is 38.1 Å². The molecule has 2 aromatic carbocycles. The minimum Gasteiger partial charge on any atom is -0.489 e. The van der Waals surface area contributed by atoms with Gasteiger partial charge in [0, 0.05) is 25.3 Å². The van der Waals surface area contributed by atoms with E-state index in [1.54, 1.807) is 14.2 Å². The Morgan fingerprint density at radius 3 is 1.38 bits per heavy atom. The first-order valence-electron chi connectivity index (χ1n) is 8.33. The van der Waals surface area contributed by atoms with Crippen LogP contribution in [0, 0.1) is 13.8 Å². The lowest BCUT2D eigenvalue weighted by Gasteiger charge is -2.21. The number of hydrogen-bond donors (Lipinski definition) is 0. The lowest BCUT2D eigenvalue weighted by molar-refractivity contribution is 0.145. The first-order chi connectivity index (χ1) is 12.5. The van der Waals surface area contributed by atoms with Gasteiger partial charge in [-0.3, -0.25) is 0 Å². The van der Waals surface area contributed by atoms with Crippen LogP contribution in [0.3, 0.4) is 0 Å². The second kappa shape index (κ2) is 10.0. The fraction of sp³-hybridized carbons (Fsp3) is 0.400. The van der Waals surface area contributed by atoms with Crippen LogP contribution in [-0.4, -0.2) is 40.6 Å². The highest BCUT2D eigenvalue weighted by Gasteiger charge is 2.21. The minimum absolute atomic E-state index is 0.395. The topological polar surface area (TPSA) is 36.9 Å². The van der Waals surface area contributed by atoms with E-state index in [9.17, 15) is 0 Å². The highest BCUT2D eigenvalue weighted by molar-refractivity contribution is 6.33. The van der Waals surface area contributed by atoms with Gasteiger partial charge in [-0.2, -0.15) is 0 Å². The van der Waals surface area contributed by atoms with Crippen LogP contribution in [0.15, 0.2) is 24.3 Å². The lowest BCUT2D eigenvalue weighted by Crippen LogP contribution is -2.08. The molecule has 0 aromatic heterocycles. The van der Waals surface area contributed by atoms with Gasteiger partial charge in [-0.1, -0.05) is 35.3 Å². The van der Waals surface area contributed by atoms with Crippen LogP contribution in [-0.2, 0) is 9.47 Å². The van der Waals surface area contributed by atoms with Gasteiger partial charge in [-0.05, 0) is 37.1 Å². The predicted octanol–water partition coefficient (Wildman–Crippen LogP) is 5.33. The van der Waals surface area contributed by atoms with Crippen molar-refractivity contribution in [3.8, 4) is 22.6 Å². The quantitative estimate of drug-likeness (QED) is 0.535. The third-order valence-corrected chi connectivity index (χ3v) is 4.55. The summed E-state index contributed by atoms with van der Waals surface area (Å²) in [5.74, 6) is 1.20. The van der Waals surface area contributed by atoms with Gasteiger partial charge in [0.05, 0.1) is 23.3 Å². The predicted molar refractivity (Wildman–Crippen MR) is 106 cm³/mol. The molecular formula is C20H24Cl2O4. The van der Waals surface area contributed by atoms with Crippen LogP contribution in [0.25, 0.3) is 11.1 Å². The Balaban J connectivity index is 2.59. The first-order valence-corrected chi connectivity index (χ1v) is 9.08. The summed E-state index contributed by atoms with van der Waals surface area (Å²) >= 11 is 12.9. The fourth-order valence-corrected chi connectivity index (χ4v) is 3.09. The smallest absolute Gasteiger partial charge is 0.146 e. The molecule has 0 N–H and O–H groups in total. The molecule has 26 heavy (non-hydrogen) atoms. The molecule has 4 nitrogen and oxygen atoms in total. The van der Waals surface area contributed by atoms with Crippen LogP contribution < -0.4 is 9.47 Å². The van der Waals surface area contributed by atoms with Crippen molar-refractivity contribution in [2.24, 2.45) is 0 Å². The summed E-state index contributed by atoms with van der Waals surface area (Å²) in [7, 11) is 3.26. The Bertz CT molecular complexity index is 684. The summed E-state index contributed by atoms with van der Waals surface area (Å²) in [4.78, 5) is 0. The van der Waals surface area contributed by atoms with Crippen LogP contribution in [0.4, 0.5) is 0 Å². The van der Waals surface area contributed by atoms with Gasteiger partial charge in [0.1, 0.15) is 24.7 Å². The first kappa shape index (κ1) is 20.8. The molecule has 0 atom stereocenters. The van der Waals surface area contributed by atoms with E-state index >= 15 is 0 Å². The third kappa shape index (κ3) is 4.83. The molecule has 0 heterocycles. The summed E-state index contributed by atoms with van der Waals surface area (Å²) in [6, 6.07) is 7.57. The Morgan fingerprint density at radius 1 is 0.654 bits per heavy atom. The molecule has 0 aliphatic carbocycles. The number of benzene rings is 2. The second-order valence-corrected chi connectivity index (χ2v) is 6.63. The molecule has 0 aliphatic heterocycles. The van der Waals surface area contributed by atoms with E-state index in [0.717, 1.165) is 22.3 Å². The molecule has 0 amide bonds. The highest BCUT2D eigenvalue weighted by atomic mass is 35.5. The SMILES string of the molecule is COCCOc1c(Cl)ccc(C)c1-c1c(C)ccc(Cl)c1OCCOC. The van der Waals surface area contributed by atoms with E-state index in [4.69, 9.17) is 42.1 Å². The van der Waals surface area contributed by atoms with Crippen molar-refractivity contribution in [2.45, 2.75) is 13.8 Å². The molecule has 0 radical (unpaired) electrons. The summed E-state index contributed by atoms with van der Waals surface area (Å²) in [6.07, 6.45) is 0. The number of halogens is 2. The van der Waals surface area contributed by atoms with Crippen molar-refractivity contribution in [1.29, 1.82) is 0 Å². The Morgan fingerprint density at radius 2 is 1.04 bits per heavy atom. The maximum Gasteiger partial charge on any atom is 0.146 e. The summed E-state index contributed by atoms with van der Waals surface area (Å²) in [5.41, 5.74) is 3.79. The van der Waals surface area contributed by atoms with Crippen molar-refractivity contribution in [3.63, 3.8) is 0 Å². The number of methoxy groups -OCH3 is 2. The van der Waals surface area contributed by atoms with E-state index < -0.39 is 0 Å². The van der Waals surface area contributed by atoms with E-state index in [1.165, 1.54) is 0 Å². The number of ether oxygens (including phenoxy) is 4. The van der Waals surface area contributed by atoms with E-state index in [0.29, 0.717) is 48.0 Å². The monoisotopic (exact) mass is 398 g/mol. The normalized spacial score (nSPS) is 10.8. The minimum atomic E-state index is 0.395. The molecule has 142 valence electrons. The molecular weight excluding hydrogens is 375 g/mol. The van der Waals surface area contributed by atoms with Crippen LogP contribution in [0.1, 0.15) is 11.1 Å². The van der Waals surface area contributed by atoms with Crippen LogP contribution in [0.2, 0.25) is 10.0 Å². The van der Waals surface area contributed by atoms with Gasteiger partial charge < -0.3 is 18.9 Å². The largest absolute Gasteiger partial charge is 0.489 e. The zero-order valence-electron chi connectivity index (χ0n) is 15.5. The zero-order chi connectivity index (χ0) is 19.1. The average molecular weight is 399 g/mol. The van der Waals surface area contributed by atoms with Crippen molar-refractivity contribution >= 4 is 23.2 Å². The highest BCUT2D eigenvalue weighted by Crippen LogP contribution is 2.46. The van der Waals surface area contributed by atoms with Gasteiger partial charge in [-0.15, -0.1) is 0 Å². The Hall–Kier alpha value is -1.46. The van der Waals surface area contributed by atoms with Gasteiger partial charge >= 0.3 is 0 Å². The zero-order valence-corrected chi connectivity index (χ0v) is 17.0. The molecule has 0 aliphatic rings. The van der Waals surface area contributed by atoms with Crippen LogP contribution in [0.5, 0.6) is 11.5 Å². The van der Waals surface area contributed by atoms with Crippen molar-refractivity contribution in [2.75, 3.05) is 40.6 Å². The molecule has 2 aromatic rings. The molecule has 0 saturated carbocycles. The fourth-order valence-electron chi connectivity index (χ4n) is 2.67. The molecule has 2 rings (SSSR count). The molecule has 0 spiro atoms. The van der Waals surface area contributed by atoms with Gasteiger partial charge in [0.25, 0.3) is 0 Å². The third-order valence-electron chi connectivity index (χ3n) is 3.95. The molecule has 0 fully saturated rings. The van der Waals surface area contributed by atoms with E-state index in [-0.39, 0.29) is 0 Å². The summed E-state index contributed by atoms with van der Waals surface area (Å²) in [5, 5.41) is 1.06. The summed E-state index contributed by atoms with van der Waals surface area (Å²) in [6.45, 7) is 5.74.